The van der Waals surface area contributed by atoms with Gasteiger partial charge in [0.15, 0.2) is 0 Å². The standard InChI is InChI=1S/C15H15NO/c17-15(9-11-5-7-16-8-6-11)14-10-12-3-1-2-4-13(12)14/h1-8,14-15,17H,9-10H2. The first-order chi connectivity index (χ1) is 8.34. The molecule has 0 bridgehead atoms. The van der Waals surface area contributed by atoms with Gasteiger partial charge in [-0.05, 0) is 41.7 Å². The summed E-state index contributed by atoms with van der Waals surface area (Å²) in [4.78, 5) is 3.99. The van der Waals surface area contributed by atoms with Gasteiger partial charge in [-0.2, -0.15) is 0 Å². The summed E-state index contributed by atoms with van der Waals surface area (Å²) in [7, 11) is 0. The summed E-state index contributed by atoms with van der Waals surface area (Å²) < 4.78 is 0. The smallest absolute Gasteiger partial charge is 0.0652 e. The van der Waals surface area contributed by atoms with Crippen molar-refractivity contribution < 1.29 is 5.11 Å². The molecule has 1 N–H and O–H groups in total. The molecule has 0 saturated carbocycles. The van der Waals surface area contributed by atoms with Crippen molar-refractivity contribution >= 4 is 0 Å². The highest BCUT2D eigenvalue weighted by Crippen LogP contribution is 2.38. The molecule has 1 aromatic heterocycles. The van der Waals surface area contributed by atoms with Gasteiger partial charge in [0.25, 0.3) is 0 Å². The van der Waals surface area contributed by atoms with Gasteiger partial charge in [0.1, 0.15) is 0 Å². The summed E-state index contributed by atoms with van der Waals surface area (Å²) in [6.45, 7) is 0. The van der Waals surface area contributed by atoms with Gasteiger partial charge in [0.2, 0.25) is 0 Å². The maximum absolute atomic E-state index is 10.2. The minimum Gasteiger partial charge on any atom is -0.392 e. The van der Waals surface area contributed by atoms with E-state index < -0.39 is 0 Å². The van der Waals surface area contributed by atoms with E-state index in [1.54, 1.807) is 12.4 Å². The molecule has 2 unspecified atom stereocenters. The Morgan fingerprint density at radius 1 is 1.18 bits per heavy atom. The number of rotatable bonds is 3. The highest BCUT2D eigenvalue weighted by molar-refractivity contribution is 5.41. The largest absolute Gasteiger partial charge is 0.392 e. The third-order valence-corrected chi connectivity index (χ3v) is 3.55. The topological polar surface area (TPSA) is 33.1 Å². The lowest BCUT2D eigenvalue weighted by molar-refractivity contribution is 0.133. The van der Waals surface area contributed by atoms with Gasteiger partial charge in [-0.3, -0.25) is 4.98 Å². The van der Waals surface area contributed by atoms with E-state index in [9.17, 15) is 5.11 Å². The SMILES string of the molecule is OC(Cc1ccncc1)C1Cc2ccccc21. The van der Waals surface area contributed by atoms with Crippen molar-refractivity contribution in [2.24, 2.45) is 0 Å². The van der Waals surface area contributed by atoms with E-state index in [1.807, 2.05) is 18.2 Å². The summed E-state index contributed by atoms with van der Waals surface area (Å²) in [5.41, 5.74) is 3.84. The Hall–Kier alpha value is -1.67. The fourth-order valence-electron chi connectivity index (χ4n) is 2.54. The summed E-state index contributed by atoms with van der Waals surface area (Å²) in [5, 5.41) is 10.2. The van der Waals surface area contributed by atoms with Crippen molar-refractivity contribution in [2.75, 3.05) is 0 Å². The van der Waals surface area contributed by atoms with Crippen LogP contribution in [0.5, 0.6) is 0 Å². The summed E-state index contributed by atoms with van der Waals surface area (Å²) >= 11 is 0. The summed E-state index contributed by atoms with van der Waals surface area (Å²) in [6, 6.07) is 12.3. The van der Waals surface area contributed by atoms with Crippen molar-refractivity contribution in [1.82, 2.24) is 4.98 Å². The highest BCUT2D eigenvalue weighted by atomic mass is 16.3. The molecule has 0 radical (unpaired) electrons. The molecule has 1 heterocycles. The zero-order chi connectivity index (χ0) is 11.7. The van der Waals surface area contributed by atoms with Crippen LogP contribution in [-0.4, -0.2) is 16.2 Å². The molecular formula is C15H15NO. The van der Waals surface area contributed by atoms with Crippen molar-refractivity contribution in [3.8, 4) is 0 Å². The molecule has 1 aromatic carbocycles. The van der Waals surface area contributed by atoms with Crippen LogP contribution in [0.15, 0.2) is 48.8 Å². The van der Waals surface area contributed by atoms with Gasteiger partial charge in [0.05, 0.1) is 6.10 Å². The average molecular weight is 225 g/mol. The maximum Gasteiger partial charge on any atom is 0.0652 e. The van der Waals surface area contributed by atoms with Crippen LogP contribution in [-0.2, 0) is 12.8 Å². The maximum atomic E-state index is 10.2. The predicted octanol–water partition coefficient (Wildman–Crippen LogP) is 2.32. The van der Waals surface area contributed by atoms with Gasteiger partial charge >= 0.3 is 0 Å². The monoisotopic (exact) mass is 225 g/mol. The first-order valence-corrected chi connectivity index (χ1v) is 5.99. The van der Waals surface area contributed by atoms with E-state index in [2.05, 4.69) is 23.2 Å². The molecule has 0 fully saturated rings. The van der Waals surface area contributed by atoms with E-state index in [1.165, 1.54) is 11.1 Å². The number of aliphatic hydroxyl groups is 1. The third-order valence-electron chi connectivity index (χ3n) is 3.55. The fourth-order valence-corrected chi connectivity index (χ4v) is 2.54. The van der Waals surface area contributed by atoms with Gasteiger partial charge in [0, 0.05) is 18.3 Å². The Kier molecular flexibility index (Phi) is 2.65. The number of hydrogen-bond acceptors (Lipinski definition) is 2. The summed E-state index contributed by atoms with van der Waals surface area (Å²) in [6.07, 6.45) is 4.98. The zero-order valence-electron chi connectivity index (χ0n) is 9.58. The first-order valence-electron chi connectivity index (χ1n) is 5.99. The minimum atomic E-state index is -0.285. The van der Waals surface area contributed by atoms with Gasteiger partial charge < -0.3 is 5.11 Å². The number of hydrogen-bond donors (Lipinski definition) is 1. The number of pyridine rings is 1. The fraction of sp³-hybridized carbons (Fsp3) is 0.267. The Labute approximate surface area is 101 Å². The van der Waals surface area contributed by atoms with Crippen LogP contribution in [0, 0.1) is 0 Å². The number of aliphatic hydroxyl groups excluding tert-OH is 1. The molecule has 2 nitrogen and oxygen atoms in total. The molecule has 0 saturated heterocycles. The lowest BCUT2D eigenvalue weighted by Gasteiger charge is -2.34. The molecular weight excluding hydrogens is 210 g/mol. The molecule has 86 valence electrons. The van der Waals surface area contributed by atoms with Gasteiger partial charge in [-0.25, -0.2) is 0 Å². The van der Waals surface area contributed by atoms with Gasteiger partial charge in [-0.15, -0.1) is 0 Å². The Bertz CT molecular complexity index is 509. The van der Waals surface area contributed by atoms with Crippen LogP contribution in [0.1, 0.15) is 22.6 Å². The van der Waals surface area contributed by atoms with Crippen LogP contribution >= 0.6 is 0 Å². The van der Waals surface area contributed by atoms with Crippen molar-refractivity contribution in [1.29, 1.82) is 0 Å². The van der Waals surface area contributed by atoms with Crippen molar-refractivity contribution in [3.63, 3.8) is 0 Å². The second-order valence-electron chi connectivity index (χ2n) is 4.64. The van der Waals surface area contributed by atoms with Gasteiger partial charge in [-0.1, -0.05) is 24.3 Å². The molecule has 1 aliphatic carbocycles. The number of nitrogens with zero attached hydrogens (tertiary/aromatic N) is 1. The molecule has 1 aliphatic rings. The quantitative estimate of drug-likeness (QED) is 0.869. The van der Waals surface area contributed by atoms with E-state index in [4.69, 9.17) is 0 Å². The van der Waals surface area contributed by atoms with Crippen LogP contribution < -0.4 is 0 Å². The first kappa shape index (κ1) is 10.5. The third kappa shape index (κ3) is 1.96. The second-order valence-corrected chi connectivity index (χ2v) is 4.64. The predicted molar refractivity (Wildman–Crippen MR) is 66.8 cm³/mol. The normalized spacial score (nSPS) is 19.2. The lowest BCUT2D eigenvalue weighted by Crippen LogP contribution is -2.30. The van der Waals surface area contributed by atoms with E-state index in [-0.39, 0.29) is 6.10 Å². The van der Waals surface area contributed by atoms with Crippen LogP contribution in [0.4, 0.5) is 0 Å². The molecule has 0 spiro atoms. The van der Waals surface area contributed by atoms with E-state index in [0.29, 0.717) is 12.3 Å². The Morgan fingerprint density at radius 2 is 1.94 bits per heavy atom. The van der Waals surface area contributed by atoms with Crippen LogP contribution in [0.3, 0.4) is 0 Å². The highest BCUT2D eigenvalue weighted by Gasteiger charge is 2.31. The lowest BCUT2D eigenvalue weighted by atomic mass is 9.73. The minimum absolute atomic E-state index is 0.285. The number of fused-ring (bicyclic) bond motifs is 1. The second kappa shape index (κ2) is 4.30. The Morgan fingerprint density at radius 3 is 2.71 bits per heavy atom. The average Bonchev–Trinajstić information content (AvgIpc) is 2.32. The van der Waals surface area contributed by atoms with E-state index >= 15 is 0 Å². The van der Waals surface area contributed by atoms with Crippen molar-refractivity contribution in [2.45, 2.75) is 24.9 Å². The molecule has 2 atom stereocenters. The molecule has 0 amide bonds. The zero-order valence-corrected chi connectivity index (χ0v) is 9.58. The van der Waals surface area contributed by atoms with Crippen LogP contribution in [0.2, 0.25) is 0 Å². The molecule has 17 heavy (non-hydrogen) atoms. The van der Waals surface area contributed by atoms with Crippen molar-refractivity contribution in [3.05, 3.63) is 65.5 Å². The molecule has 2 aromatic rings. The number of aromatic nitrogens is 1. The number of benzene rings is 1. The van der Waals surface area contributed by atoms with Crippen LogP contribution in [0.25, 0.3) is 0 Å². The van der Waals surface area contributed by atoms with E-state index in [0.717, 1.165) is 12.0 Å². The Balaban J connectivity index is 1.72. The summed E-state index contributed by atoms with van der Waals surface area (Å²) in [5.74, 6) is 0.305. The molecule has 0 aliphatic heterocycles. The molecule has 3 rings (SSSR count). The molecule has 2 heteroatoms.